The van der Waals surface area contributed by atoms with E-state index in [1.807, 2.05) is 4.90 Å². The first-order chi connectivity index (χ1) is 10.8. The standard InChI is InChI=1S/C15H18F3NO4/c16-15(17,18)23-13-5-1-4-12(7-13)22-10-11-3-2-6-19(8-11)9-14(20)21/h1,4-5,7,11H,2-3,6,8-10H2,(H,20,21)/t11-/m1/s1. The highest BCUT2D eigenvalue weighted by molar-refractivity contribution is 5.69. The number of alkyl halides is 3. The molecule has 1 N–H and O–H groups in total. The molecule has 0 radical (unpaired) electrons. The Labute approximate surface area is 131 Å². The Balaban J connectivity index is 1.85. The van der Waals surface area contributed by atoms with Gasteiger partial charge in [-0.1, -0.05) is 6.07 Å². The molecule has 0 saturated carbocycles. The van der Waals surface area contributed by atoms with E-state index < -0.39 is 12.3 Å². The molecule has 1 aliphatic rings. The van der Waals surface area contributed by atoms with E-state index in [-0.39, 0.29) is 18.2 Å². The van der Waals surface area contributed by atoms with Crippen LogP contribution in [0.2, 0.25) is 0 Å². The van der Waals surface area contributed by atoms with Crippen LogP contribution >= 0.6 is 0 Å². The zero-order chi connectivity index (χ0) is 16.9. The van der Waals surface area contributed by atoms with E-state index in [0.717, 1.165) is 19.4 Å². The summed E-state index contributed by atoms with van der Waals surface area (Å²) in [4.78, 5) is 12.6. The van der Waals surface area contributed by atoms with Crippen LogP contribution in [-0.2, 0) is 4.79 Å². The second kappa shape index (κ2) is 7.54. The van der Waals surface area contributed by atoms with Gasteiger partial charge in [0.1, 0.15) is 11.5 Å². The molecule has 0 unspecified atom stereocenters. The van der Waals surface area contributed by atoms with E-state index in [1.54, 1.807) is 6.07 Å². The van der Waals surface area contributed by atoms with Gasteiger partial charge in [0.2, 0.25) is 0 Å². The molecule has 1 aromatic rings. The number of carboxylic acid groups (broad SMARTS) is 1. The molecule has 128 valence electrons. The molecule has 0 aromatic heterocycles. The van der Waals surface area contributed by atoms with E-state index in [4.69, 9.17) is 9.84 Å². The molecule has 1 fully saturated rings. The van der Waals surface area contributed by atoms with Gasteiger partial charge < -0.3 is 14.6 Å². The van der Waals surface area contributed by atoms with Crippen LogP contribution < -0.4 is 9.47 Å². The first-order valence-electron chi connectivity index (χ1n) is 7.24. The summed E-state index contributed by atoms with van der Waals surface area (Å²) < 4.78 is 45.9. The highest BCUT2D eigenvalue weighted by atomic mass is 19.4. The Morgan fingerprint density at radius 1 is 1.35 bits per heavy atom. The molecule has 5 nitrogen and oxygen atoms in total. The number of nitrogens with zero attached hydrogens (tertiary/aromatic N) is 1. The highest BCUT2D eigenvalue weighted by Gasteiger charge is 2.31. The van der Waals surface area contributed by atoms with E-state index >= 15 is 0 Å². The van der Waals surface area contributed by atoms with Crippen LogP contribution in [0.3, 0.4) is 0 Å². The highest BCUT2D eigenvalue weighted by Crippen LogP contribution is 2.26. The van der Waals surface area contributed by atoms with Crippen LogP contribution in [0.15, 0.2) is 24.3 Å². The topological polar surface area (TPSA) is 59.0 Å². The van der Waals surface area contributed by atoms with Crippen molar-refractivity contribution in [2.75, 3.05) is 26.2 Å². The van der Waals surface area contributed by atoms with E-state index in [9.17, 15) is 18.0 Å². The lowest BCUT2D eigenvalue weighted by molar-refractivity contribution is -0.274. The van der Waals surface area contributed by atoms with Gasteiger partial charge in [0.15, 0.2) is 0 Å². The summed E-state index contributed by atoms with van der Waals surface area (Å²) in [7, 11) is 0. The number of halogens is 3. The Hall–Kier alpha value is -1.96. The second-order valence-corrected chi connectivity index (χ2v) is 5.47. The van der Waals surface area contributed by atoms with Crippen LogP contribution in [0.5, 0.6) is 11.5 Å². The maximum Gasteiger partial charge on any atom is 0.573 e. The van der Waals surface area contributed by atoms with Gasteiger partial charge in [-0.3, -0.25) is 9.69 Å². The number of rotatable bonds is 6. The van der Waals surface area contributed by atoms with Gasteiger partial charge in [-0.15, -0.1) is 13.2 Å². The largest absolute Gasteiger partial charge is 0.573 e. The van der Waals surface area contributed by atoms with Crippen molar-refractivity contribution in [1.82, 2.24) is 4.90 Å². The van der Waals surface area contributed by atoms with Crippen LogP contribution in [0.1, 0.15) is 12.8 Å². The predicted molar refractivity (Wildman–Crippen MR) is 75.4 cm³/mol. The molecule has 8 heteroatoms. The van der Waals surface area contributed by atoms with Gasteiger partial charge in [-0.25, -0.2) is 0 Å². The average Bonchev–Trinajstić information content (AvgIpc) is 2.43. The van der Waals surface area contributed by atoms with Crippen LogP contribution in [0, 0.1) is 5.92 Å². The van der Waals surface area contributed by atoms with Crippen molar-refractivity contribution in [2.24, 2.45) is 5.92 Å². The number of hydrogen-bond donors (Lipinski definition) is 1. The molecule has 2 rings (SSSR count). The zero-order valence-electron chi connectivity index (χ0n) is 12.4. The van der Waals surface area contributed by atoms with E-state index in [1.165, 1.54) is 18.2 Å². The lowest BCUT2D eigenvalue weighted by Crippen LogP contribution is -2.40. The van der Waals surface area contributed by atoms with Crippen molar-refractivity contribution in [1.29, 1.82) is 0 Å². The number of likely N-dealkylation sites (tertiary alicyclic amines) is 1. The maximum atomic E-state index is 12.2. The van der Waals surface area contributed by atoms with Crippen molar-refractivity contribution in [3.63, 3.8) is 0 Å². The lowest BCUT2D eigenvalue weighted by atomic mass is 9.99. The third kappa shape index (κ3) is 6.35. The summed E-state index contributed by atoms with van der Waals surface area (Å²) >= 11 is 0. The minimum absolute atomic E-state index is 0.00852. The summed E-state index contributed by atoms with van der Waals surface area (Å²) in [6, 6.07) is 5.37. The Morgan fingerprint density at radius 2 is 2.09 bits per heavy atom. The first-order valence-corrected chi connectivity index (χ1v) is 7.24. The van der Waals surface area contributed by atoms with Crippen LogP contribution in [-0.4, -0.2) is 48.6 Å². The van der Waals surface area contributed by atoms with Crippen LogP contribution in [0.4, 0.5) is 13.2 Å². The Kier molecular flexibility index (Phi) is 5.70. The molecule has 23 heavy (non-hydrogen) atoms. The molecule has 0 bridgehead atoms. The normalized spacial score (nSPS) is 19.3. The van der Waals surface area contributed by atoms with Crippen LogP contribution in [0.25, 0.3) is 0 Å². The Morgan fingerprint density at radius 3 is 2.78 bits per heavy atom. The van der Waals surface area contributed by atoms with Crippen molar-refractivity contribution < 1.29 is 32.5 Å². The molecular formula is C15H18F3NO4. The number of piperidine rings is 1. The zero-order valence-corrected chi connectivity index (χ0v) is 12.4. The maximum absolute atomic E-state index is 12.2. The number of aliphatic carboxylic acids is 1. The first kappa shape index (κ1) is 17.4. The number of carboxylic acids is 1. The minimum atomic E-state index is -4.74. The summed E-state index contributed by atoms with van der Waals surface area (Å²) in [6.45, 7) is 1.65. The predicted octanol–water partition coefficient (Wildman–Crippen LogP) is 2.76. The molecular weight excluding hydrogens is 315 g/mol. The van der Waals surface area contributed by atoms with Gasteiger partial charge in [-0.05, 0) is 31.5 Å². The number of hydrogen-bond acceptors (Lipinski definition) is 4. The lowest BCUT2D eigenvalue weighted by Gasteiger charge is -2.31. The second-order valence-electron chi connectivity index (χ2n) is 5.47. The molecule has 1 aliphatic heterocycles. The number of ether oxygens (including phenoxy) is 2. The van der Waals surface area contributed by atoms with Crippen molar-refractivity contribution in [3.8, 4) is 11.5 Å². The Bertz CT molecular complexity index is 536. The summed E-state index contributed by atoms with van der Waals surface area (Å²) in [5.74, 6) is -0.757. The monoisotopic (exact) mass is 333 g/mol. The fourth-order valence-electron chi connectivity index (χ4n) is 2.60. The van der Waals surface area contributed by atoms with Crippen molar-refractivity contribution >= 4 is 5.97 Å². The van der Waals surface area contributed by atoms with Gasteiger partial charge in [0, 0.05) is 18.5 Å². The summed E-state index contributed by atoms with van der Waals surface area (Å²) in [6.07, 6.45) is -2.97. The summed E-state index contributed by atoms with van der Waals surface area (Å²) in [5.41, 5.74) is 0. The summed E-state index contributed by atoms with van der Waals surface area (Å²) in [5, 5.41) is 8.80. The van der Waals surface area contributed by atoms with Gasteiger partial charge in [0.25, 0.3) is 0 Å². The average molecular weight is 333 g/mol. The molecule has 1 atom stereocenters. The molecule has 1 saturated heterocycles. The fraction of sp³-hybridized carbons (Fsp3) is 0.533. The molecule has 1 heterocycles. The minimum Gasteiger partial charge on any atom is -0.493 e. The van der Waals surface area contributed by atoms with Gasteiger partial charge in [0.05, 0.1) is 13.2 Å². The third-order valence-corrected chi connectivity index (χ3v) is 3.49. The van der Waals surface area contributed by atoms with Gasteiger partial charge in [-0.2, -0.15) is 0 Å². The molecule has 0 aliphatic carbocycles. The molecule has 0 amide bonds. The SMILES string of the molecule is O=C(O)CN1CCC[C@@H](COc2cccc(OC(F)(F)F)c2)C1. The van der Waals surface area contributed by atoms with Crippen molar-refractivity contribution in [3.05, 3.63) is 24.3 Å². The third-order valence-electron chi connectivity index (χ3n) is 3.49. The smallest absolute Gasteiger partial charge is 0.493 e. The fourth-order valence-corrected chi connectivity index (χ4v) is 2.60. The van der Waals surface area contributed by atoms with Gasteiger partial charge >= 0.3 is 12.3 Å². The molecule has 0 spiro atoms. The van der Waals surface area contributed by atoms with Crippen molar-refractivity contribution in [2.45, 2.75) is 19.2 Å². The van der Waals surface area contributed by atoms with E-state index in [2.05, 4.69) is 4.74 Å². The number of carbonyl (C=O) groups is 1. The molecule has 1 aromatic carbocycles. The van der Waals surface area contributed by atoms with E-state index in [0.29, 0.717) is 18.9 Å². The number of benzene rings is 1. The quantitative estimate of drug-likeness (QED) is 0.867.